The van der Waals surface area contributed by atoms with Crippen LogP contribution >= 0.6 is 0 Å². The SMILES string of the molecule is C[C@@H](NC(=O)Cn1nc(C(=O)O)c2ccccc2c1=O)C12CC3CC(CC(C3)C1)C2. The van der Waals surface area contributed by atoms with Crippen LogP contribution in [0.4, 0.5) is 0 Å². The molecular formula is C23H27N3O4. The first-order chi connectivity index (χ1) is 14.3. The van der Waals surface area contributed by atoms with Crippen LogP contribution in [0.15, 0.2) is 29.1 Å². The first-order valence-corrected chi connectivity index (χ1v) is 10.9. The molecule has 4 fully saturated rings. The number of aromatic carboxylic acids is 1. The van der Waals surface area contributed by atoms with Crippen LogP contribution in [0.2, 0.25) is 0 Å². The number of hydrogen-bond donors (Lipinski definition) is 2. The van der Waals surface area contributed by atoms with Crippen molar-refractivity contribution in [3.8, 4) is 0 Å². The number of benzene rings is 1. The van der Waals surface area contributed by atoms with Crippen LogP contribution in [-0.2, 0) is 11.3 Å². The molecule has 4 aliphatic carbocycles. The zero-order chi connectivity index (χ0) is 21.0. The molecule has 0 spiro atoms. The molecule has 2 N–H and O–H groups in total. The van der Waals surface area contributed by atoms with E-state index >= 15 is 0 Å². The predicted molar refractivity (Wildman–Crippen MR) is 111 cm³/mol. The summed E-state index contributed by atoms with van der Waals surface area (Å²) in [6.45, 7) is 1.81. The maximum Gasteiger partial charge on any atom is 0.357 e. The summed E-state index contributed by atoms with van der Waals surface area (Å²) in [5.74, 6) is 0.859. The van der Waals surface area contributed by atoms with Crippen molar-refractivity contribution in [2.24, 2.45) is 23.2 Å². The first-order valence-electron chi connectivity index (χ1n) is 10.9. The normalized spacial score (nSPS) is 30.4. The van der Waals surface area contributed by atoms with E-state index in [0.717, 1.165) is 22.4 Å². The zero-order valence-electron chi connectivity index (χ0n) is 17.1. The maximum absolute atomic E-state index is 12.8. The molecule has 7 heteroatoms. The van der Waals surface area contributed by atoms with Crippen molar-refractivity contribution in [2.75, 3.05) is 0 Å². The molecule has 7 nitrogen and oxygen atoms in total. The summed E-state index contributed by atoms with van der Waals surface area (Å²) >= 11 is 0. The second kappa shape index (κ2) is 6.93. The molecule has 0 unspecified atom stereocenters. The van der Waals surface area contributed by atoms with Gasteiger partial charge in [0.05, 0.1) is 5.39 Å². The number of carboxylic acids is 1. The van der Waals surface area contributed by atoms with E-state index in [1.54, 1.807) is 24.3 Å². The van der Waals surface area contributed by atoms with Crippen molar-refractivity contribution in [2.45, 2.75) is 58.0 Å². The minimum absolute atomic E-state index is 0.0357. The number of nitrogens with one attached hydrogen (secondary N) is 1. The monoisotopic (exact) mass is 409 g/mol. The van der Waals surface area contributed by atoms with Gasteiger partial charge in [-0.2, -0.15) is 5.10 Å². The lowest BCUT2D eigenvalue weighted by Gasteiger charge is -2.59. The Labute approximate surface area is 174 Å². The highest BCUT2D eigenvalue weighted by Crippen LogP contribution is 2.61. The second-order valence-electron chi connectivity index (χ2n) is 9.73. The summed E-state index contributed by atoms with van der Waals surface area (Å²) in [6, 6.07) is 6.51. The molecule has 6 rings (SSSR count). The van der Waals surface area contributed by atoms with Gasteiger partial charge in [-0.05, 0) is 74.7 Å². The molecule has 1 amide bonds. The summed E-state index contributed by atoms with van der Waals surface area (Å²) in [4.78, 5) is 37.2. The Morgan fingerprint density at radius 1 is 1.13 bits per heavy atom. The lowest BCUT2D eigenvalue weighted by molar-refractivity contribution is -0.126. The summed E-state index contributed by atoms with van der Waals surface area (Å²) < 4.78 is 0.980. The summed E-state index contributed by atoms with van der Waals surface area (Å²) in [7, 11) is 0. The van der Waals surface area contributed by atoms with Crippen molar-refractivity contribution < 1.29 is 14.7 Å². The Morgan fingerprint density at radius 2 is 1.70 bits per heavy atom. The molecule has 0 saturated heterocycles. The summed E-state index contributed by atoms with van der Waals surface area (Å²) in [5.41, 5.74) is -0.501. The zero-order valence-corrected chi connectivity index (χ0v) is 17.1. The molecule has 0 radical (unpaired) electrons. The number of fused-ring (bicyclic) bond motifs is 1. The van der Waals surface area contributed by atoms with Crippen LogP contribution in [-0.4, -0.2) is 32.8 Å². The number of carbonyl (C=O) groups is 2. The van der Waals surface area contributed by atoms with Crippen molar-refractivity contribution in [3.05, 3.63) is 40.3 Å². The van der Waals surface area contributed by atoms with Crippen LogP contribution in [0.5, 0.6) is 0 Å². The fourth-order valence-electron chi connectivity index (χ4n) is 6.78. The lowest BCUT2D eigenvalue weighted by atomic mass is 9.48. The van der Waals surface area contributed by atoms with E-state index in [9.17, 15) is 19.5 Å². The average molecular weight is 409 g/mol. The van der Waals surface area contributed by atoms with Gasteiger partial charge in [0.25, 0.3) is 5.56 Å². The largest absolute Gasteiger partial charge is 0.476 e. The number of nitrogens with zero attached hydrogens (tertiary/aromatic N) is 2. The minimum Gasteiger partial charge on any atom is -0.476 e. The third kappa shape index (κ3) is 3.11. The summed E-state index contributed by atoms with van der Waals surface area (Å²) in [5, 5.41) is 17.1. The van der Waals surface area contributed by atoms with E-state index < -0.39 is 11.5 Å². The summed E-state index contributed by atoms with van der Waals surface area (Å²) in [6.07, 6.45) is 7.56. The predicted octanol–water partition coefficient (Wildman–Crippen LogP) is 2.82. The van der Waals surface area contributed by atoms with E-state index in [0.29, 0.717) is 0 Å². The third-order valence-corrected chi connectivity index (χ3v) is 7.75. The number of amides is 1. The van der Waals surface area contributed by atoms with Crippen molar-refractivity contribution >= 4 is 22.6 Å². The standard InChI is InChI=1S/C23H27N3O4/c1-13(23-9-14-6-15(10-23)8-16(7-14)11-23)24-19(27)12-26-21(28)18-5-3-2-4-17(18)20(25-26)22(29)30/h2-5,13-16H,6-12H2,1H3,(H,24,27)(H,29,30)/t13-,14?,15?,16?,23?/m1/s1. The van der Waals surface area contributed by atoms with E-state index in [4.69, 9.17) is 0 Å². The molecule has 4 bridgehead atoms. The van der Waals surface area contributed by atoms with Crippen molar-refractivity contribution in [1.82, 2.24) is 15.1 Å². The van der Waals surface area contributed by atoms with Gasteiger partial charge >= 0.3 is 5.97 Å². The molecule has 2 aromatic rings. The number of rotatable bonds is 5. The molecule has 1 atom stereocenters. The molecular weight excluding hydrogens is 382 g/mol. The molecule has 1 aromatic heterocycles. The quantitative estimate of drug-likeness (QED) is 0.791. The van der Waals surface area contributed by atoms with Gasteiger partial charge in [0.15, 0.2) is 5.69 Å². The van der Waals surface area contributed by atoms with Gasteiger partial charge in [-0.15, -0.1) is 0 Å². The fourth-order valence-corrected chi connectivity index (χ4v) is 6.78. The first kappa shape index (κ1) is 19.3. The third-order valence-electron chi connectivity index (χ3n) is 7.75. The van der Waals surface area contributed by atoms with E-state index in [1.807, 2.05) is 0 Å². The van der Waals surface area contributed by atoms with Gasteiger partial charge < -0.3 is 10.4 Å². The van der Waals surface area contributed by atoms with Gasteiger partial charge in [0.1, 0.15) is 6.54 Å². The smallest absolute Gasteiger partial charge is 0.357 e. The highest BCUT2D eigenvalue weighted by atomic mass is 16.4. The number of aromatic nitrogens is 2. The Bertz CT molecular complexity index is 1050. The van der Waals surface area contributed by atoms with Gasteiger partial charge in [-0.3, -0.25) is 9.59 Å². The van der Waals surface area contributed by atoms with Crippen LogP contribution in [0.25, 0.3) is 10.8 Å². The topological polar surface area (TPSA) is 101 Å². The maximum atomic E-state index is 12.8. The van der Waals surface area contributed by atoms with Crippen LogP contribution in [0.1, 0.15) is 55.9 Å². The molecule has 4 saturated carbocycles. The van der Waals surface area contributed by atoms with E-state index in [-0.39, 0.29) is 40.4 Å². The van der Waals surface area contributed by atoms with Gasteiger partial charge in [-0.25, -0.2) is 9.48 Å². The van der Waals surface area contributed by atoms with Crippen LogP contribution in [0, 0.1) is 23.2 Å². The Hall–Kier alpha value is -2.70. The fraction of sp³-hybridized carbons (Fsp3) is 0.565. The van der Waals surface area contributed by atoms with Crippen molar-refractivity contribution in [3.63, 3.8) is 0 Å². The van der Waals surface area contributed by atoms with Gasteiger partial charge in [0, 0.05) is 11.4 Å². The Morgan fingerprint density at radius 3 is 2.27 bits per heavy atom. The number of carbonyl (C=O) groups excluding carboxylic acids is 1. The van der Waals surface area contributed by atoms with E-state index in [2.05, 4.69) is 17.3 Å². The number of carboxylic acid groups (broad SMARTS) is 1. The van der Waals surface area contributed by atoms with E-state index in [1.165, 1.54) is 38.5 Å². The van der Waals surface area contributed by atoms with Crippen molar-refractivity contribution in [1.29, 1.82) is 0 Å². The number of hydrogen-bond acceptors (Lipinski definition) is 4. The Kier molecular flexibility index (Phi) is 4.45. The second-order valence-corrected chi connectivity index (χ2v) is 9.73. The lowest BCUT2D eigenvalue weighted by Crippen LogP contribution is -2.56. The molecule has 1 heterocycles. The molecule has 0 aliphatic heterocycles. The molecule has 158 valence electrons. The minimum atomic E-state index is -1.22. The Balaban J connectivity index is 1.37. The molecule has 1 aromatic carbocycles. The average Bonchev–Trinajstić information content (AvgIpc) is 2.69. The van der Waals surface area contributed by atoms with Gasteiger partial charge in [-0.1, -0.05) is 18.2 Å². The molecule has 4 aliphatic rings. The molecule has 30 heavy (non-hydrogen) atoms. The van der Waals surface area contributed by atoms with Crippen LogP contribution in [0.3, 0.4) is 0 Å². The van der Waals surface area contributed by atoms with Crippen LogP contribution < -0.4 is 10.9 Å². The highest BCUT2D eigenvalue weighted by Gasteiger charge is 2.53. The van der Waals surface area contributed by atoms with Gasteiger partial charge in [0.2, 0.25) is 5.91 Å². The highest BCUT2D eigenvalue weighted by molar-refractivity contribution is 6.01.